The third-order valence-electron chi connectivity index (χ3n) is 2.22. The second-order valence-electron chi connectivity index (χ2n) is 4.34. The van der Waals surface area contributed by atoms with Crippen LogP contribution >= 0.6 is 17.0 Å². The van der Waals surface area contributed by atoms with Crippen LogP contribution in [0.25, 0.3) is 0 Å². The molecule has 0 radical (unpaired) electrons. The highest BCUT2D eigenvalue weighted by atomic mass is 79.9. The first-order valence-corrected chi connectivity index (χ1v) is 4.93. The van der Waals surface area contributed by atoms with E-state index in [1.807, 2.05) is 12.1 Å². The molecule has 1 aromatic carbocycles. The van der Waals surface area contributed by atoms with Crippen LogP contribution in [-0.4, -0.2) is 12.6 Å². The molecule has 0 aliphatic rings. The van der Waals surface area contributed by atoms with Crippen molar-refractivity contribution in [1.29, 1.82) is 0 Å². The fraction of sp³-hybridized carbons (Fsp3) is 0.500. The van der Waals surface area contributed by atoms with Crippen LogP contribution in [0, 0.1) is 0 Å². The van der Waals surface area contributed by atoms with Crippen LogP contribution in [0.4, 0.5) is 0 Å². The average molecular weight is 274 g/mol. The van der Waals surface area contributed by atoms with E-state index in [4.69, 9.17) is 10.5 Å². The van der Waals surface area contributed by atoms with E-state index in [0.717, 1.165) is 18.6 Å². The highest BCUT2D eigenvalue weighted by molar-refractivity contribution is 8.93. The minimum Gasteiger partial charge on any atom is -0.497 e. The Hall–Kier alpha value is -0.540. The van der Waals surface area contributed by atoms with E-state index in [9.17, 15) is 0 Å². The van der Waals surface area contributed by atoms with Crippen LogP contribution < -0.4 is 10.5 Å². The molecule has 1 aromatic rings. The molecule has 15 heavy (non-hydrogen) atoms. The van der Waals surface area contributed by atoms with Crippen molar-refractivity contribution in [1.82, 2.24) is 0 Å². The molecule has 0 aliphatic heterocycles. The number of hydrogen-bond acceptors (Lipinski definition) is 2. The van der Waals surface area contributed by atoms with Gasteiger partial charge in [-0.05, 0) is 44.4 Å². The SMILES string of the molecule is Br.COc1ccc(CCC(C)(C)N)cc1. The number of halogens is 1. The molecule has 2 nitrogen and oxygen atoms in total. The van der Waals surface area contributed by atoms with Crippen LogP contribution in [0.3, 0.4) is 0 Å². The summed E-state index contributed by atoms with van der Waals surface area (Å²) < 4.78 is 5.09. The predicted molar refractivity (Wildman–Crippen MR) is 69.9 cm³/mol. The molecule has 86 valence electrons. The maximum atomic E-state index is 5.91. The number of aryl methyl sites for hydroxylation is 1. The number of rotatable bonds is 4. The van der Waals surface area contributed by atoms with Crippen LogP contribution in [0.1, 0.15) is 25.8 Å². The normalized spacial score (nSPS) is 10.7. The Kier molecular flexibility index (Phi) is 5.91. The molecule has 0 aliphatic carbocycles. The topological polar surface area (TPSA) is 35.2 Å². The van der Waals surface area contributed by atoms with Gasteiger partial charge in [-0.15, -0.1) is 17.0 Å². The van der Waals surface area contributed by atoms with E-state index < -0.39 is 0 Å². The van der Waals surface area contributed by atoms with Crippen molar-refractivity contribution in [3.8, 4) is 5.75 Å². The number of nitrogens with two attached hydrogens (primary N) is 1. The molecular formula is C12H20BrNO. The monoisotopic (exact) mass is 273 g/mol. The first-order chi connectivity index (χ1) is 6.51. The molecule has 1 rings (SSSR count). The maximum Gasteiger partial charge on any atom is 0.118 e. The Bertz CT molecular complexity index is 277. The van der Waals surface area contributed by atoms with Gasteiger partial charge in [0.05, 0.1) is 7.11 Å². The Morgan fingerprint density at radius 3 is 2.13 bits per heavy atom. The summed E-state index contributed by atoms with van der Waals surface area (Å²) >= 11 is 0. The van der Waals surface area contributed by atoms with Crippen LogP contribution in [0.5, 0.6) is 5.75 Å². The third kappa shape index (κ3) is 5.80. The van der Waals surface area contributed by atoms with Gasteiger partial charge in [-0.2, -0.15) is 0 Å². The van der Waals surface area contributed by atoms with E-state index in [0.29, 0.717) is 0 Å². The molecule has 0 heterocycles. The summed E-state index contributed by atoms with van der Waals surface area (Å²) in [6.07, 6.45) is 2.02. The quantitative estimate of drug-likeness (QED) is 0.916. The zero-order chi connectivity index (χ0) is 10.6. The van der Waals surface area contributed by atoms with Gasteiger partial charge in [0.1, 0.15) is 5.75 Å². The van der Waals surface area contributed by atoms with Gasteiger partial charge in [-0.1, -0.05) is 12.1 Å². The highest BCUT2D eigenvalue weighted by Gasteiger charge is 2.09. The van der Waals surface area contributed by atoms with Gasteiger partial charge in [0, 0.05) is 5.54 Å². The molecule has 3 heteroatoms. The van der Waals surface area contributed by atoms with Gasteiger partial charge >= 0.3 is 0 Å². The second kappa shape index (κ2) is 6.13. The van der Waals surface area contributed by atoms with E-state index in [1.165, 1.54) is 5.56 Å². The largest absolute Gasteiger partial charge is 0.497 e. The highest BCUT2D eigenvalue weighted by Crippen LogP contribution is 2.15. The molecule has 0 spiro atoms. The summed E-state index contributed by atoms with van der Waals surface area (Å²) in [5.74, 6) is 0.903. The van der Waals surface area contributed by atoms with Crippen molar-refractivity contribution in [2.24, 2.45) is 5.73 Å². The lowest BCUT2D eigenvalue weighted by Crippen LogP contribution is -2.32. The summed E-state index contributed by atoms with van der Waals surface area (Å²) in [6.45, 7) is 4.10. The van der Waals surface area contributed by atoms with Crippen LogP contribution in [-0.2, 0) is 6.42 Å². The molecule has 0 saturated heterocycles. The molecule has 0 saturated carbocycles. The zero-order valence-corrected chi connectivity index (χ0v) is 11.3. The van der Waals surface area contributed by atoms with Crippen molar-refractivity contribution in [3.63, 3.8) is 0 Å². The van der Waals surface area contributed by atoms with Gasteiger partial charge in [0.25, 0.3) is 0 Å². The maximum absolute atomic E-state index is 5.91. The number of benzene rings is 1. The lowest BCUT2D eigenvalue weighted by atomic mass is 9.97. The van der Waals surface area contributed by atoms with Gasteiger partial charge in [0.15, 0.2) is 0 Å². The molecule has 0 atom stereocenters. The van der Waals surface area contributed by atoms with Gasteiger partial charge < -0.3 is 10.5 Å². The second-order valence-corrected chi connectivity index (χ2v) is 4.34. The Balaban J connectivity index is 0.00000196. The molecule has 0 bridgehead atoms. The van der Waals surface area contributed by atoms with E-state index in [2.05, 4.69) is 26.0 Å². The van der Waals surface area contributed by atoms with Crippen molar-refractivity contribution in [3.05, 3.63) is 29.8 Å². The molecule has 0 fully saturated rings. The summed E-state index contributed by atoms with van der Waals surface area (Å²) in [7, 11) is 1.68. The third-order valence-corrected chi connectivity index (χ3v) is 2.22. The summed E-state index contributed by atoms with van der Waals surface area (Å²) in [6, 6.07) is 8.15. The fourth-order valence-electron chi connectivity index (χ4n) is 1.26. The Labute approximate surface area is 103 Å². The van der Waals surface area contributed by atoms with Crippen LogP contribution in [0.2, 0.25) is 0 Å². The average Bonchev–Trinajstić information content (AvgIpc) is 2.14. The van der Waals surface area contributed by atoms with Crippen molar-refractivity contribution >= 4 is 17.0 Å². The standard InChI is InChI=1S/C12H19NO.BrH/c1-12(2,13)9-8-10-4-6-11(14-3)7-5-10;/h4-7H,8-9,13H2,1-3H3;1H. The first-order valence-electron chi connectivity index (χ1n) is 4.93. The van der Waals surface area contributed by atoms with Crippen molar-refractivity contribution < 1.29 is 4.74 Å². The van der Waals surface area contributed by atoms with Crippen molar-refractivity contribution in [2.75, 3.05) is 7.11 Å². The molecule has 2 N–H and O–H groups in total. The lowest BCUT2D eigenvalue weighted by Gasteiger charge is -2.17. The lowest BCUT2D eigenvalue weighted by molar-refractivity contribution is 0.414. The van der Waals surface area contributed by atoms with Gasteiger partial charge in [-0.3, -0.25) is 0 Å². The number of hydrogen-bond donors (Lipinski definition) is 1. The molecular weight excluding hydrogens is 254 g/mol. The number of methoxy groups -OCH3 is 1. The minimum atomic E-state index is -0.0834. The smallest absolute Gasteiger partial charge is 0.118 e. The van der Waals surface area contributed by atoms with E-state index in [1.54, 1.807) is 7.11 Å². The fourth-order valence-corrected chi connectivity index (χ4v) is 1.26. The molecule has 0 aromatic heterocycles. The van der Waals surface area contributed by atoms with Crippen molar-refractivity contribution in [2.45, 2.75) is 32.2 Å². The Morgan fingerprint density at radius 2 is 1.73 bits per heavy atom. The van der Waals surface area contributed by atoms with Gasteiger partial charge in [0.2, 0.25) is 0 Å². The summed E-state index contributed by atoms with van der Waals surface area (Å²) in [4.78, 5) is 0. The zero-order valence-electron chi connectivity index (χ0n) is 9.62. The summed E-state index contributed by atoms with van der Waals surface area (Å²) in [5, 5.41) is 0. The van der Waals surface area contributed by atoms with Gasteiger partial charge in [-0.25, -0.2) is 0 Å². The van der Waals surface area contributed by atoms with E-state index in [-0.39, 0.29) is 22.5 Å². The van der Waals surface area contributed by atoms with Crippen LogP contribution in [0.15, 0.2) is 24.3 Å². The first kappa shape index (κ1) is 14.5. The Morgan fingerprint density at radius 1 is 1.20 bits per heavy atom. The predicted octanol–water partition coefficient (Wildman–Crippen LogP) is 2.94. The summed E-state index contributed by atoms with van der Waals surface area (Å²) in [5.41, 5.74) is 7.14. The minimum absolute atomic E-state index is 0. The molecule has 0 unspecified atom stereocenters. The van der Waals surface area contributed by atoms with E-state index >= 15 is 0 Å². The molecule has 0 amide bonds. The number of ether oxygens (including phenoxy) is 1.